The van der Waals surface area contributed by atoms with Crippen LogP contribution < -0.4 is 14.8 Å². The minimum atomic E-state index is -0.0171. The molecule has 0 unspecified atom stereocenters. The number of benzene rings is 2. The Balaban J connectivity index is 1.38. The molecule has 0 spiro atoms. The van der Waals surface area contributed by atoms with Crippen LogP contribution in [0.4, 0.5) is 0 Å². The van der Waals surface area contributed by atoms with Crippen molar-refractivity contribution >= 4 is 17.2 Å². The number of ether oxygens (including phenoxy) is 2. The van der Waals surface area contributed by atoms with Crippen LogP contribution in [0.5, 0.6) is 11.5 Å². The van der Waals surface area contributed by atoms with Crippen LogP contribution in [0, 0.1) is 0 Å². The molecule has 0 aliphatic heterocycles. The minimum Gasteiger partial charge on any atom is -0.497 e. The molecule has 5 nitrogen and oxygen atoms in total. The molecule has 0 aliphatic rings. The number of rotatable bonds is 9. The first-order valence-corrected chi connectivity index (χ1v) is 9.66. The highest BCUT2D eigenvalue weighted by Crippen LogP contribution is 2.25. The molecule has 3 aromatic rings. The molecule has 0 radical (unpaired) electrons. The third-order valence-corrected chi connectivity index (χ3v) is 4.87. The number of methoxy groups -OCH3 is 1. The Kier molecular flexibility index (Phi) is 6.82. The van der Waals surface area contributed by atoms with Gasteiger partial charge in [0.25, 0.3) is 0 Å². The van der Waals surface area contributed by atoms with Crippen LogP contribution in [0.25, 0.3) is 10.6 Å². The number of thiazole rings is 1. The standard InChI is InChI=1S/C21H22N2O3S/c1-25-18-9-7-16(8-10-18)21-23-17(15-27-21)11-13-22-20(24)12-14-26-19-5-3-2-4-6-19/h2-10,15H,11-14H2,1H3,(H,22,24). The Morgan fingerprint density at radius 1 is 1.07 bits per heavy atom. The molecule has 2 aromatic carbocycles. The first kappa shape index (κ1) is 18.9. The third kappa shape index (κ3) is 5.82. The van der Waals surface area contributed by atoms with Crippen molar-refractivity contribution in [1.29, 1.82) is 0 Å². The van der Waals surface area contributed by atoms with Crippen molar-refractivity contribution in [1.82, 2.24) is 10.3 Å². The number of aromatic nitrogens is 1. The Labute approximate surface area is 163 Å². The van der Waals surface area contributed by atoms with Crippen LogP contribution >= 0.6 is 11.3 Å². The van der Waals surface area contributed by atoms with Gasteiger partial charge in [-0.3, -0.25) is 4.79 Å². The second-order valence-electron chi connectivity index (χ2n) is 5.88. The molecule has 0 aliphatic carbocycles. The fourth-order valence-electron chi connectivity index (χ4n) is 2.48. The molecule has 1 N–H and O–H groups in total. The minimum absolute atomic E-state index is 0.0171. The summed E-state index contributed by atoms with van der Waals surface area (Å²) in [6, 6.07) is 17.3. The zero-order valence-corrected chi connectivity index (χ0v) is 16.0. The second-order valence-corrected chi connectivity index (χ2v) is 6.74. The van der Waals surface area contributed by atoms with Crippen LogP contribution in [-0.2, 0) is 11.2 Å². The van der Waals surface area contributed by atoms with Gasteiger partial charge < -0.3 is 14.8 Å². The van der Waals surface area contributed by atoms with Crippen LogP contribution in [0.15, 0.2) is 60.0 Å². The molecule has 1 amide bonds. The molecule has 27 heavy (non-hydrogen) atoms. The second kappa shape index (κ2) is 9.73. The Morgan fingerprint density at radius 3 is 2.59 bits per heavy atom. The lowest BCUT2D eigenvalue weighted by Crippen LogP contribution is -2.27. The van der Waals surface area contributed by atoms with E-state index in [0.717, 1.165) is 27.8 Å². The summed E-state index contributed by atoms with van der Waals surface area (Å²) >= 11 is 1.60. The zero-order valence-electron chi connectivity index (χ0n) is 15.2. The molecular formula is C21H22N2O3S. The molecule has 0 saturated heterocycles. The maximum absolute atomic E-state index is 11.9. The van der Waals surface area contributed by atoms with Gasteiger partial charge in [-0.25, -0.2) is 4.98 Å². The van der Waals surface area contributed by atoms with Crippen LogP contribution in [0.1, 0.15) is 12.1 Å². The van der Waals surface area contributed by atoms with Gasteiger partial charge in [-0.2, -0.15) is 0 Å². The van der Waals surface area contributed by atoms with Gasteiger partial charge >= 0.3 is 0 Å². The highest BCUT2D eigenvalue weighted by atomic mass is 32.1. The van der Waals surface area contributed by atoms with Crippen molar-refractivity contribution in [2.45, 2.75) is 12.8 Å². The highest BCUT2D eigenvalue weighted by molar-refractivity contribution is 7.13. The smallest absolute Gasteiger partial charge is 0.223 e. The molecule has 140 valence electrons. The summed E-state index contributed by atoms with van der Waals surface area (Å²) < 4.78 is 10.7. The highest BCUT2D eigenvalue weighted by Gasteiger charge is 2.06. The molecule has 3 rings (SSSR count). The van der Waals surface area contributed by atoms with E-state index in [4.69, 9.17) is 9.47 Å². The molecule has 0 atom stereocenters. The molecule has 1 aromatic heterocycles. The van der Waals surface area contributed by atoms with Gasteiger partial charge in [-0.15, -0.1) is 11.3 Å². The molecule has 0 fully saturated rings. The average Bonchev–Trinajstić information content (AvgIpc) is 3.18. The monoisotopic (exact) mass is 382 g/mol. The van der Waals surface area contributed by atoms with Gasteiger partial charge in [0.15, 0.2) is 0 Å². The predicted octanol–water partition coefficient (Wildman–Crippen LogP) is 3.95. The maximum atomic E-state index is 11.9. The maximum Gasteiger partial charge on any atom is 0.223 e. The summed E-state index contributed by atoms with van der Waals surface area (Å²) in [6.45, 7) is 0.935. The largest absolute Gasteiger partial charge is 0.497 e. The topological polar surface area (TPSA) is 60.5 Å². The fraction of sp³-hybridized carbons (Fsp3) is 0.238. The van der Waals surface area contributed by atoms with Gasteiger partial charge in [-0.05, 0) is 36.4 Å². The lowest BCUT2D eigenvalue weighted by atomic mass is 10.2. The van der Waals surface area contributed by atoms with Crippen molar-refractivity contribution in [2.75, 3.05) is 20.3 Å². The van der Waals surface area contributed by atoms with E-state index in [1.807, 2.05) is 60.0 Å². The van der Waals surface area contributed by atoms with E-state index in [2.05, 4.69) is 10.3 Å². The summed E-state index contributed by atoms with van der Waals surface area (Å²) in [5.74, 6) is 1.59. The quantitative estimate of drug-likeness (QED) is 0.609. The number of nitrogens with one attached hydrogen (secondary N) is 1. The zero-order chi connectivity index (χ0) is 18.9. The number of carbonyl (C=O) groups excluding carboxylic acids is 1. The van der Waals surface area contributed by atoms with E-state index in [9.17, 15) is 4.79 Å². The van der Waals surface area contributed by atoms with Crippen molar-refractivity contribution in [3.63, 3.8) is 0 Å². The molecule has 6 heteroatoms. The molecule has 0 bridgehead atoms. The lowest BCUT2D eigenvalue weighted by Gasteiger charge is -2.06. The van der Waals surface area contributed by atoms with Gasteiger partial charge in [0.1, 0.15) is 16.5 Å². The Hall–Kier alpha value is -2.86. The summed E-state index contributed by atoms with van der Waals surface area (Å²) in [6.07, 6.45) is 1.04. The number of nitrogens with zero attached hydrogens (tertiary/aromatic N) is 1. The number of amides is 1. The fourth-order valence-corrected chi connectivity index (χ4v) is 3.35. The number of hydrogen-bond donors (Lipinski definition) is 1. The summed E-state index contributed by atoms with van der Waals surface area (Å²) in [5, 5.41) is 5.91. The van der Waals surface area contributed by atoms with Crippen molar-refractivity contribution < 1.29 is 14.3 Å². The van der Waals surface area contributed by atoms with E-state index in [1.54, 1.807) is 18.4 Å². The normalized spacial score (nSPS) is 10.4. The number of carbonyl (C=O) groups is 1. The van der Waals surface area contributed by atoms with Gasteiger partial charge in [0.05, 0.1) is 25.8 Å². The summed E-state index contributed by atoms with van der Waals surface area (Å²) in [7, 11) is 1.65. The molecule has 1 heterocycles. The lowest BCUT2D eigenvalue weighted by molar-refractivity contribution is -0.121. The van der Waals surface area contributed by atoms with Crippen LogP contribution in [0.2, 0.25) is 0 Å². The van der Waals surface area contributed by atoms with E-state index in [1.165, 1.54) is 0 Å². The van der Waals surface area contributed by atoms with E-state index >= 15 is 0 Å². The summed E-state index contributed by atoms with van der Waals surface area (Å²) in [5.41, 5.74) is 2.04. The molecular weight excluding hydrogens is 360 g/mol. The van der Waals surface area contributed by atoms with E-state index in [0.29, 0.717) is 26.0 Å². The first-order chi connectivity index (χ1) is 13.2. The Morgan fingerprint density at radius 2 is 1.85 bits per heavy atom. The predicted molar refractivity (Wildman–Crippen MR) is 107 cm³/mol. The van der Waals surface area contributed by atoms with Crippen molar-refractivity contribution in [3.05, 3.63) is 65.7 Å². The van der Waals surface area contributed by atoms with Crippen LogP contribution in [0.3, 0.4) is 0 Å². The van der Waals surface area contributed by atoms with Gasteiger partial charge in [0.2, 0.25) is 5.91 Å². The van der Waals surface area contributed by atoms with Gasteiger partial charge in [-0.1, -0.05) is 18.2 Å². The number of para-hydroxylation sites is 1. The number of hydrogen-bond acceptors (Lipinski definition) is 5. The Bertz CT molecular complexity index is 847. The first-order valence-electron chi connectivity index (χ1n) is 8.78. The molecule has 0 saturated carbocycles. The van der Waals surface area contributed by atoms with E-state index < -0.39 is 0 Å². The van der Waals surface area contributed by atoms with Crippen LogP contribution in [-0.4, -0.2) is 31.2 Å². The average molecular weight is 382 g/mol. The van der Waals surface area contributed by atoms with Crippen molar-refractivity contribution in [2.24, 2.45) is 0 Å². The van der Waals surface area contributed by atoms with Crippen molar-refractivity contribution in [3.8, 4) is 22.1 Å². The summed E-state index contributed by atoms with van der Waals surface area (Å²) in [4.78, 5) is 16.5. The van der Waals surface area contributed by atoms with Gasteiger partial charge in [0, 0.05) is 23.9 Å². The third-order valence-electron chi connectivity index (χ3n) is 3.93. The van der Waals surface area contributed by atoms with E-state index in [-0.39, 0.29) is 5.91 Å². The SMILES string of the molecule is COc1ccc(-c2nc(CCNC(=O)CCOc3ccccc3)cs2)cc1.